The summed E-state index contributed by atoms with van der Waals surface area (Å²) in [6.07, 6.45) is 4.89. The van der Waals surface area contributed by atoms with Crippen molar-refractivity contribution in [3.05, 3.63) is 101 Å². The van der Waals surface area contributed by atoms with E-state index in [2.05, 4.69) is 82.8 Å². The molecule has 1 N–H and O–H groups in total. The molecule has 2 atom stereocenters. The summed E-state index contributed by atoms with van der Waals surface area (Å²) in [5.74, 6) is 1.93. The molecule has 3 aromatic carbocycles. The predicted molar refractivity (Wildman–Crippen MR) is 126 cm³/mol. The molecule has 0 amide bonds. The zero-order valence-corrected chi connectivity index (χ0v) is 17.8. The molecule has 0 saturated carbocycles. The fraction of sp³-hybridized carbons (Fsp3) is 0.286. The van der Waals surface area contributed by atoms with Crippen molar-refractivity contribution in [2.24, 2.45) is 0 Å². The van der Waals surface area contributed by atoms with Crippen molar-refractivity contribution >= 4 is 10.9 Å². The first kappa shape index (κ1) is 18.7. The molecule has 1 aromatic heterocycles. The molecule has 4 aromatic rings. The summed E-state index contributed by atoms with van der Waals surface area (Å²) in [4.78, 5) is 0. The quantitative estimate of drug-likeness (QED) is 0.463. The molecule has 1 saturated heterocycles. The summed E-state index contributed by atoms with van der Waals surface area (Å²) in [7, 11) is 0. The molecule has 31 heavy (non-hydrogen) atoms. The predicted octanol–water partition coefficient (Wildman–Crippen LogP) is 5.64. The Morgan fingerprint density at radius 1 is 0.871 bits per heavy atom. The SMILES string of the molecule is c1ccc(COc2ccc([C@@H]3CNC[C@H]3c3cn4c5c(cccc35)CCC4)cc2)cc1. The van der Waals surface area contributed by atoms with Crippen LogP contribution in [0.1, 0.15) is 40.5 Å². The number of aryl methyl sites for hydroxylation is 2. The van der Waals surface area contributed by atoms with Gasteiger partial charge in [-0.1, -0.05) is 60.7 Å². The van der Waals surface area contributed by atoms with Crippen molar-refractivity contribution in [2.75, 3.05) is 13.1 Å². The van der Waals surface area contributed by atoms with E-state index >= 15 is 0 Å². The highest BCUT2D eigenvalue weighted by molar-refractivity contribution is 5.88. The second kappa shape index (κ2) is 7.90. The minimum absolute atomic E-state index is 0.492. The fourth-order valence-corrected chi connectivity index (χ4v) is 5.49. The van der Waals surface area contributed by atoms with Crippen LogP contribution < -0.4 is 10.1 Å². The van der Waals surface area contributed by atoms with Gasteiger partial charge in [0.05, 0.1) is 5.52 Å². The molecular formula is C28H28N2O. The standard InChI is InChI=1S/C28H28N2O/c1-2-6-20(7-3-1)19-31-23-13-11-21(12-14-23)25-16-29-17-26(25)27-18-30-15-5-9-22-8-4-10-24(27)28(22)30/h1-4,6-8,10-14,18,25-26,29H,5,9,15-17,19H2/t25-,26+/m0/s1. The summed E-state index contributed by atoms with van der Waals surface area (Å²) in [6.45, 7) is 3.82. The van der Waals surface area contributed by atoms with E-state index in [1.165, 1.54) is 46.0 Å². The summed E-state index contributed by atoms with van der Waals surface area (Å²) < 4.78 is 8.50. The zero-order valence-electron chi connectivity index (χ0n) is 17.8. The Kier molecular flexibility index (Phi) is 4.77. The topological polar surface area (TPSA) is 26.2 Å². The van der Waals surface area contributed by atoms with Crippen molar-refractivity contribution in [3.63, 3.8) is 0 Å². The van der Waals surface area contributed by atoms with Gasteiger partial charge in [-0.3, -0.25) is 0 Å². The van der Waals surface area contributed by atoms with E-state index in [-0.39, 0.29) is 0 Å². The van der Waals surface area contributed by atoms with Crippen LogP contribution in [0.15, 0.2) is 79.0 Å². The van der Waals surface area contributed by atoms with Gasteiger partial charge in [-0.25, -0.2) is 0 Å². The van der Waals surface area contributed by atoms with Crippen LogP contribution in [-0.2, 0) is 19.6 Å². The van der Waals surface area contributed by atoms with Gasteiger partial charge in [0.25, 0.3) is 0 Å². The number of nitrogens with one attached hydrogen (secondary N) is 1. The normalized spacial score (nSPS) is 20.3. The van der Waals surface area contributed by atoms with Gasteiger partial charge in [-0.2, -0.15) is 0 Å². The first-order valence-corrected chi connectivity index (χ1v) is 11.4. The maximum absolute atomic E-state index is 6.00. The summed E-state index contributed by atoms with van der Waals surface area (Å²) in [5.41, 5.74) is 7.09. The Morgan fingerprint density at radius 3 is 2.58 bits per heavy atom. The Labute approximate surface area is 183 Å². The molecule has 156 valence electrons. The van der Waals surface area contributed by atoms with E-state index in [4.69, 9.17) is 4.74 Å². The molecule has 3 heterocycles. The van der Waals surface area contributed by atoms with Crippen LogP contribution in [-0.4, -0.2) is 17.7 Å². The highest BCUT2D eigenvalue weighted by atomic mass is 16.5. The van der Waals surface area contributed by atoms with Gasteiger partial charge >= 0.3 is 0 Å². The Hall–Kier alpha value is -3.04. The van der Waals surface area contributed by atoms with Crippen LogP contribution in [0.3, 0.4) is 0 Å². The van der Waals surface area contributed by atoms with Gasteiger partial charge in [0, 0.05) is 43.1 Å². The molecule has 0 radical (unpaired) electrons. The molecule has 0 spiro atoms. The van der Waals surface area contributed by atoms with Gasteiger partial charge in [-0.05, 0) is 47.2 Å². The number of para-hydroxylation sites is 1. The lowest BCUT2D eigenvalue weighted by Gasteiger charge is -2.19. The van der Waals surface area contributed by atoms with Crippen LogP contribution in [0, 0.1) is 0 Å². The van der Waals surface area contributed by atoms with Gasteiger partial charge in [0.2, 0.25) is 0 Å². The molecule has 6 rings (SSSR count). The minimum Gasteiger partial charge on any atom is -0.489 e. The molecule has 1 fully saturated rings. The average molecular weight is 409 g/mol. The number of rotatable bonds is 5. The minimum atomic E-state index is 0.492. The lowest BCUT2D eigenvalue weighted by Crippen LogP contribution is -2.09. The highest BCUT2D eigenvalue weighted by Gasteiger charge is 2.32. The average Bonchev–Trinajstić information content (AvgIpc) is 3.45. The summed E-state index contributed by atoms with van der Waals surface area (Å²) >= 11 is 0. The highest BCUT2D eigenvalue weighted by Crippen LogP contribution is 2.41. The first-order valence-electron chi connectivity index (χ1n) is 11.4. The van der Waals surface area contributed by atoms with Gasteiger partial charge < -0.3 is 14.6 Å². The van der Waals surface area contributed by atoms with Gasteiger partial charge in [0.15, 0.2) is 0 Å². The van der Waals surface area contributed by atoms with Gasteiger partial charge in [-0.15, -0.1) is 0 Å². The van der Waals surface area contributed by atoms with Gasteiger partial charge in [0.1, 0.15) is 12.4 Å². The second-order valence-electron chi connectivity index (χ2n) is 8.91. The van der Waals surface area contributed by atoms with Crippen molar-refractivity contribution < 1.29 is 4.74 Å². The molecule has 0 bridgehead atoms. The van der Waals surface area contributed by atoms with E-state index in [9.17, 15) is 0 Å². The molecular weight excluding hydrogens is 380 g/mol. The van der Waals surface area contributed by atoms with E-state index in [1.54, 1.807) is 0 Å². The molecule has 2 aliphatic rings. The van der Waals surface area contributed by atoms with Crippen LogP contribution in [0.25, 0.3) is 10.9 Å². The smallest absolute Gasteiger partial charge is 0.119 e. The second-order valence-corrected chi connectivity index (χ2v) is 8.91. The van der Waals surface area contributed by atoms with Crippen LogP contribution in [0.2, 0.25) is 0 Å². The third-order valence-corrected chi connectivity index (χ3v) is 7.03. The number of hydrogen-bond acceptors (Lipinski definition) is 2. The number of benzene rings is 3. The monoisotopic (exact) mass is 408 g/mol. The molecule has 3 nitrogen and oxygen atoms in total. The third kappa shape index (κ3) is 3.43. The van der Waals surface area contributed by atoms with Crippen LogP contribution in [0.4, 0.5) is 0 Å². The molecule has 3 heteroatoms. The summed E-state index contributed by atoms with van der Waals surface area (Å²) in [6, 6.07) is 26.0. The number of ether oxygens (including phenoxy) is 1. The Bertz CT molecular complexity index is 1190. The van der Waals surface area contributed by atoms with E-state index in [0.29, 0.717) is 18.4 Å². The third-order valence-electron chi connectivity index (χ3n) is 7.03. The largest absolute Gasteiger partial charge is 0.489 e. The van der Waals surface area contributed by atoms with Crippen molar-refractivity contribution in [1.82, 2.24) is 9.88 Å². The number of aromatic nitrogens is 1. The van der Waals surface area contributed by atoms with E-state index in [0.717, 1.165) is 25.4 Å². The molecule has 0 aliphatic carbocycles. The molecule has 2 aliphatic heterocycles. The Morgan fingerprint density at radius 2 is 1.71 bits per heavy atom. The molecule has 0 unspecified atom stereocenters. The van der Waals surface area contributed by atoms with Crippen LogP contribution in [0.5, 0.6) is 5.75 Å². The first-order chi connectivity index (χ1) is 15.4. The maximum Gasteiger partial charge on any atom is 0.119 e. The zero-order chi connectivity index (χ0) is 20.6. The fourth-order valence-electron chi connectivity index (χ4n) is 5.49. The van der Waals surface area contributed by atoms with Crippen LogP contribution >= 0.6 is 0 Å². The van der Waals surface area contributed by atoms with Crippen molar-refractivity contribution in [2.45, 2.75) is 37.8 Å². The Balaban J connectivity index is 1.25. The number of hydrogen-bond donors (Lipinski definition) is 1. The van der Waals surface area contributed by atoms with Crippen molar-refractivity contribution in [3.8, 4) is 5.75 Å². The lowest BCUT2D eigenvalue weighted by atomic mass is 9.84. The van der Waals surface area contributed by atoms with Crippen molar-refractivity contribution in [1.29, 1.82) is 0 Å². The van der Waals surface area contributed by atoms with E-state index in [1.807, 2.05) is 6.07 Å². The lowest BCUT2D eigenvalue weighted by molar-refractivity contribution is 0.306. The van der Waals surface area contributed by atoms with E-state index < -0.39 is 0 Å². The summed E-state index contributed by atoms with van der Waals surface area (Å²) in [5, 5.41) is 5.12. The number of nitrogens with zero attached hydrogens (tertiary/aromatic N) is 1. The maximum atomic E-state index is 6.00.